The fourth-order valence-corrected chi connectivity index (χ4v) is 2.69. The van der Waals surface area contributed by atoms with Crippen molar-refractivity contribution in [3.63, 3.8) is 0 Å². The van der Waals surface area contributed by atoms with Gasteiger partial charge >= 0.3 is 0 Å². The Bertz CT molecular complexity index is 803. The van der Waals surface area contributed by atoms with E-state index in [9.17, 15) is 0 Å². The first kappa shape index (κ1) is 13.5. The van der Waals surface area contributed by atoms with E-state index in [4.69, 9.17) is 15.9 Å². The maximum Gasteiger partial charge on any atom is 0.235 e. The van der Waals surface area contributed by atoms with Gasteiger partial charge in [0, 0.05) is 12.7 Å². The average Bonchev–Trinajstić information content (AvgIpc) is 3.08. The molecule has 0 spiro atoms. The van der Waals surface area contributed by atoms with Gasteiger partial charge in [-0.1, -0.05) is 29.4 Å². The first-order valence-corrected chi connectivity index (χ1v) is 7.00. The molecule has 0 atom stereocenters. The summed E-state index contributed by atoms with van der Waals surface area (Å²) in [5.41, 5.74) is 0.948. The lowest BCUT2D eigenvalue weighted by Gasteiger charge is -2.03. The number of rotatable bonds is 5. The van der Waals surface area contributed by atoms with Crippen molar-refractivity contribution in [2.75, 3.05) is 13.7 Å². The molecule has 0 N–H and O–H groups in total. The normalized spacial score (nSPS) is 10.7. The number of ether oxygens (including phenoxy) is 2. The van der Waals surface area contributed by atoms with E-state index in [1.165, 1.54) is 11.3 Å². The molecule has 21 heavy (non-hydrogen) atoms. The van der Waals surface area contributed by atoms with Crippen molar-refractivity contribution in [2.45, 2.75) is 6.61 Å². The molecule has 0 fully saturated rings. The van der Waals surface area contributed by atoms with Gasteiger partial charge in [-0.3, -0.25) is 0 Å². The van der Waals surface area contributed by atoms with Gasteiger partial charge in [-0.15, -0.1) is 16.6 Å². The molecule has 0 saturated heterocycles. The highest BCUT2D eigenvalue weighted by atomic mass is 32.1. The van der Waals surface area contributed by atoms with Crippen LogP contribution in [0.2, 0.25) is 0 Å². The molecule has 6 nitrogen and oxygen atoms in total. The van der Waals surface area contributed by atoms with Crippen LogP contribution >= 0.6 is 11.3 Å². The lowest BCUT2D eigenvalue weighted by atomic mass is 10.2. The molecule has 0 aliphatic carbocycles. The van der Waals surface area contributed by atoms with E-state index in [0.29, 0.717) is 18.2 Å². The van der Waals surface area contributed by atoms with Crippen LogP contribution in [0.4, 0.5) is 0 Å². The maximum atomic E-state index is 5.42. The highest BCUT2D eigenvalue weighted by molar-refractivity contribution is 7.19. The lowest BCUT2D eigenvalue weighted by molar-refractivity contribution is 0.176. The van der Waals surface area contributed by atoms with E-state index in [1.807, 2.05) is 24.3 Å². The predicted octanol–water partition coefficient (Wildman–Crippen LogP) is 2.01. The second kappa shape index (κ2) is 5.91. The van der Waals surface area contributed by atoms with Crippen LogP contribution in [-0.4, -0.2) is 33.5 Å². The van der Waals surface area contributed by atoms with Gasteiger partial charge in [0.25, 0.3) is 0 Å². The van der Waals surface area contributed by atoms with Gasteiger partial charge in [-0.2, -0.15) is 9.61 Å². The van der Waals surface area contributed by atoms with Crippen molar-refractivity contribution in [3.05, 3.63) is 30.1 Å². The third-order valence-corrected chi connectivity index (χ3v) is 3.68. The zero-order chi connectivity index (χ0) is 14.7. The summed E-state index contributed by atoms with van der Waals surface area (Å²) >= 11 is 1.46. The minimum Gasteiger partial charge on any atom is -0.481 e. The smallest absolute Gasteiger partial charge is 0.235 e. The molecule has 0 aliphatic rings. The SMILES string of the molecule is C#CCOc1cccc(-c2nn3c(COC)nnc3s2)c1. The van der Waals surface area contributed by atoms with Gasteiger partial charge in [-0.05, 0) is 12.1 Å². The van der Waals surface area contributed by atoms with Crippen LogP contribution in [0.1, 0.15) is 5.82 Å². The van der Waals surface area contributed by atoms with Crippen LogP contribution in [0, 0.1) is 12.3 Å². The summed E-state index contributed by atoms with van der Waals surface area (Å²) in [7, 11) is 1.61. The summed E-state index contributed by atoms with van der Waals surface area (Å²) in [4.78, 5) is 0.729. The number of methoxy groups -OCH3 is 1. The standard InChI is InChI=1S/C14H12N4O2S/c1-3-7-20-11-6-4-5-10(8-11)13-17-18-12(9-19-2)15-16-14(18)21-13/h1,4-6,8H,7,9H2,2H3. The van der Waals surface area contributed by atoms with Crippen LogP contribution < -0.4 is 4.74 Å². The number of benzene rings is 1. The fraction of sp³-hybridized carbons (Fsp3) is 0.214. The maximum absolute atomic E-state index is 5.42. The molecule has 3 aromatic rings. The monoisotopic (exact) mass is 300 g/mol. The summed E-state index contributed by atoms with van der Waals surface area (Å²) in [6.45, 7) is 0.613. The second-order valence-electron chi connectivity index (χ2n) is 4.17. The van der Waals surface area contributed by atoms with Gasteiger partial charge in [0.1, 0.15) is 24.0 Å². The quantitative estimate of drug-likeness (QED) is 0.675. The van der Waals surface area contributed by atoms with E-state index in [0.717, 1.165) is 15.5 Å². The molecule has 3 rings (SSSR count). The molecule has 0 saturated carbocycles. The minimum absolute atomic E-state index is 0.243. The molecule has 0 bridgehead atoms. The fourth-order valence-electron chi connectivity index (χ4n) is 1.84. The van der Waals surface area contributed by atoms with E-state index < -0.39 is 0 Å². The number of terminal acetylenes is 1. The van der Waals surface area contributed by atoms with Crippen molar-refractivity contribution >= 4 is 16.3 Å². The number of hydrogen-bond donors (Lipinski definition) is 0. The highest BCUT2D eigenvalue weighted by Gasteiger charge is 2.13. The van der Waals surface area contributed by atoms with Crippen molar-refractivity contribution in [1.29, 1.82) is 0 Å². The molecular formula is C14H12N4O2S. The average molecular weight is 300 g/mol. The van der Waals surface area contributed by atoms with Crippen LogP contribution in [0.5, 0.6) is 5.75 Å². The van der Waals surface area contributed by atoms with Crippen molar-refractivity contribution in [2.24, 2.45) is 0 Å². The molecule has 2 heterocycles. The molecular weight excluding hydrogens is 288 g/mol. The lowest BCUT2D eigenvalue weighted by Crippen LogP contribution is -1.97. The first-order chi connectivity index (χ1) is 10.3. The number of aromatic nitrogens is 4. The Balaban J connectivity index is 1.94. The van der Waals surface area contributed by atoms with Crippen LogP contribution in [0.25, 0.3) is 15.5 Å². The van der Waals surface area contributed by atoms with Gasteiger partial charge in [0.05, 0.1) is 0 Å². The van der Waals surface area contributed by atoms with E-state index in [1.54, 1.807) is 11.6 Å². The van der Waals surface area contributed by atoms with E-state index >= 15 is 0 Å². The molecule has 0 aliphatic heterocycles. The predicted molar refractivity (Wildman–Crippen MR) is 79.1 cm³/mol. The summed E-state index contributed by atoms with van der Waals surface area (Å²) in [5.74, 6) is 3.83. The molecule has 7 heteroatoms. The third kappa shape index (κ3) is 2.72. The van der Waals surface area contributed by atoms with E-state index in [-0.39, 0.29) is 6.61 Å². The van der Waals surface area contributed by atoms with Crippen molar-refractivity contribution in [1.82, 2.24) is 19.8 Å². The minimum atomic E-state index is 0.243. The highest BCUT2D eigenvalue weighted by Crippen LogP contribution is 2.28. The van der Waals surface area contributed by atoms with Crippen molar-refractivity contribution in [3.8, 4) is 28.7 Å². The summed E-state index contributed by atoms with van der Waals surface area (Å²) in [6.07, 6.45) is 5.19. The Morgan fingerprint density at radius 2 is 2.29 bits per heavy atom. The van der Waals surface area contributed by atoms with Gasteiger partial charge in [0.2, 0.25) is 4.96 Å². The van der Waals surface area contributed by atoms with Gasteiger partial charge in [0.15, 0.2) is 5.82 Å². The molecule has 2 aromatic heterocycles. The Morgan fingerprint density at radius 1 is 1.38 bits per heavy atom. The number of hydrogen-bond acceptors (Lipinski definition) is 6. The summed E-state index contributed by atoms with van der Waals surface area (Å²) < 4.78 is 12.2. The Morgan fingerprint density at radius 3 is 3.10 bits per heavy atom. The second-order valence-corrected chi connectivity index (χ2v) is 5.13. The summed E-state index contributed by atoms with van der Waals surface area (Å²) in [6, 6.07) is 7.63. The Kier molecular flexibility index (Phi) is 3.81. The van der Waals surface area contributed by atoms with E-state index in [2.05, 4.69) is 21.2 Å². The van der Waals surface area contributed by atoms with Crippen molar-refractivity contribution < 1.29 is 9.47 Å². The van der Waals surface area contributed by atoms with Crippen LogP contribution in [0.15, 0.2) is 24.3 Å². The summed E-state index contributed by atoms with van der Waals surface area (Å²) in [5, 5.41) is 13.5. The van der Waals surface area contributed by atoms with Crippen LogP contribution in [0.3, 0.4) is 0 Å². The molecule has 1 aromatic carbocycles. The Labute approximate surface area is 125 Å². The largest absolute Gasteiger partial charge is 0.481 e. The van der Waals surface area contributed by atoms with Crippen LogP contribution in [-0.2, 0) is 11.3 Å². The number of fused-ring (bicyclic) bond motifs is 1. The molecule has 0 unspecified atom stereocenters. The zero-order valence-electron chi connectivity index (χ0n) is 11.3. The molecule has 0 radical (unpaired) electrons. The number of nitrogens with zero attached hydrogens (tertiary/aromatic N) is 4. The molecule has 106 valence electrons. The van der Waals surface area contributed by atoms with Gasteiger partial charge in [-0.25, -0.2) is 0 Å². The van der Waals surface area contributed by atoms with Gasteiger partial charge < -0.3 is 9.47 Å². The topological polar surface area (TPSA) is 61.5 Å². The zero-order valence-corrected chi connectivity index (χ0v) is 12.1. The molecule has 0 amide bonds. The Hall–Kier alpha value is -2.43. The first-order valence-electron chi connectivity index (χ1n) is 6.18. The third-order valence-electron chi connectivity index (χ3n) is 2.73.